The van der Waals surface area contributed by atoms with Crippen molar-refractivity contribution in [3.63, 3.8) is 0 Å². The average molecular weight is 267 g/mol. The normalized spacial score (nSPS) is 12.1. The Morgan fingerprint density at radius 2 is 2.12 bits per heavy atom. The van der Waals surface area contributed by atoms with Gasteiger partial charge in [-0.25, -0.2) is 4.98 Å². The molecule has 0 aliphatic rings. The number of halogens is 1. The van der Waals surface area contributed by atoms with Gasteiger partial charge < -0.3 is 5.32 Å². The SMILES string of the molecule is CC(Cl)C(=O)Nc1nc(-c2ccccc2)cs1. The number of benzene rings is 1. The highest BCUT2D eigenvalue weighted by molar-refractivity contribution is 7.14. The topological polar surface area (TPSA) is 42.0 Å². The second kappa shape index (κ2) is 5.29. The summed E-state index contributed by atoms with van der Waals surface area (Å²) in [5.74, 6) is -0.236. The molecule has 1 amide bonds. The Bertz CT molecular complexity index is 510. The van der Waals surface area contributed by atoms with Crippen molar-refractivity contribution in [1.29, 1.82) is 0 Å². The van der Waals surface area contributed by atoms with Gasteiger partial charge in [0.05, 0.1) is 5.69 Å². The van der Waals surface area contributed by atoms with Gasteiger partial charge in [-0.1, -0.05) is 30.3 Å². The van der Waals surface area contributed by atoms with Crippen LogP contribution in [0.4, 0.5) is 5.13 Å². The van der Waals surface area contributed by atoms with Crippen molar-refractivity contribution in [1.82, 2.24) is 4.98 Å². The molecule has 2 rings (SSSR count). The highest BCUT2D eigenvalue weighted by Gasteiger charge is 2.11. The molecule has 1 unspecified atom stereocenters. The molecule has 1 heterocycles. The molecule has 2 aromatic rings. The molecule has 0 radical (unpaired) electrons. The van der Waals surface area contributed by atoms with E-state index in [2.05, 4.69) is 10.3 Å². The van der Waals surface area contributed by atoms with Crippen LogP contribution in [0, 0.1) is 0 Å². The minimum absolute atomic E-state index is 0.236. The molecule has 0 aliphatic heterocycles. The number of carbonyl (C=O) groups excluding carboxylic acids is 1. The molecule has 0 fully saturated rings. The summed E-state index contributed by atoms with van der Waals surface area (Å²) < 4.78 is 0. The molecule has 0 aliphatic carbocycles. The van der Waals surface area contributed by atoms with E-state index in [1.54, 1.807) is 6.92 Å². The molecule has 17 heavy (non-hydrogen) atoms. The highest BCUT2D eigenvalue weighted by atomic mass is 35.5. The van der Waals surface area contributed by atoms with Crippen molar-refractivity contribution in [2.45, 2.75) is 12.3 Å². The minimum atomic E-state index is -0.556. The van der Waals surface area contributed by atoms with Crippen molar-refractivity contribution in [2.24, 2.45) is 0 Å². The van der Waals surface area contributed by atoms with Crippen molar-refractivity contribution in [3.8, 4) is 11.3 Å². The maximum absolute atomic E-state index is 11.4. The van der Waals surface area contributed by atoms with Gasteiger partial charge >= 0.3 is 0 Å². The summed E-state index contributed by atoms with van der Waals surface area (Å²) in [6.07, 6.45) is 0. The predicted octanol–water partition coefficient (Wildman–Crippen LogP) is 3.38. The third-order valence-electron chi connectivity index (χ3n) is 2.17. The summed E-state index contributed by atoms with van der Waals surface area (Å²) in [6.45, 7) is 1.63. The van der Waals surface area contributed by atoms with Crippen molar-refractivity contribution < 1.29 is 4.79 Å². The van der Waals surface area contributed by atoms with Crippen LogP contribution in [0.2, 0.25) is 0 Å². The molecule has 1 atom stereocenters. The molecule has 1 N–H and O–H groups in total. The van der Waals surface area contributed by atoms with E-state index in [9.17, 15) is 4.79 Å². The highest BCUT2D eigenvalue weighted by Crippen LogP contribution is 2.24. The van der Waals surface area contributed by atoms with Gasteiger partial charge in [-0.3, -0.25) is 4.79 Å². The lowest BCUT2D eigenvalue weighted by molar-refractivity contribution is -0.115. The first-order chi connectivity index (χ1) is 8.16. The summed E-state index contributed by atoms with van der Waals surface area (Å²) in [5, 5.41) is 4.59. The van der Waals surface area contributed by atoms with Crippen molar-refractivity contribution in [2.75, 3.05) is 5.32 Å². The lowest BCUT2D eigenvalue weighted by Crippen LogP contribution is -2.20. The van der Waals surface area contributed by atoms with Gasteiger partial charge in [-0.05, 0) is 6.92 Å². The number of amides is 1. The van der Waals surface area contributed by atoms with Crippen LogP contribution in [0.3, 0.4) is 0 Å². The molecule has 0 saturated heterocycles. The molecule has 1 aromatic heterocycles. The van der Waals surface area contributed by atoms with E-state index in [0.29, 0.717) is 5.13 Å². The molecule has 0 saturated carbocycles. The van der Waals surface area contributed by atoms with Crippen LogP contribution in [0.25, 0.3) is 11.3 Å². The van der Waals surface area contributed by atoms with Gasteiger partial charge in [0.25, 0.3) is 0 Å². The van der Waals surface area contributed by atoms with Crippen LogP contribution in [0.1, 0.15) is 6.92 Å². The zero-order chi connectivity index (χ0) is 12.3. The predicted molar refractivity (Wildman–Crippen MR) is 71.5 cm³/mol. The van der Waals surface area contributed by atoms with Crippen LogP contribution >= 0.6 is 22.9 Å². The number of nitrogens with zero attached hydrogens (tertiary/aromatic N) is 1. The summed E-state index contributed by atoms with van der Waals surface area (Å²) in [5.41, 5.74) is 1.89. The summed E-state index contributed by atoms with van der Waals surface area (Å²) in [7, 11) is 0. The van der Waals surface area contributed by atoms with Gasteiger partial charge in [0.2, 0.25) is 5.91 Å². The average Bonchev–Trinajstić information content (AvgIpc) is 2.78. The quantitative estimate of drug-likeness (QED) is 0.866. The molecule has 1 aromatic carbocycles. The third-order valence-corrected chi connectivity index (χ3v) is 3.12. The van der Waals surface area contributed by atoms with E-state index >= 15 is 0 Å². The van der Waals surface area contributed by atoms with Crippen LogP contribution in [-0.2, 0) is 4.79 Å². The number of hydrogen-bond acceptors (Lipinski definition) is 3. The number of hydrogen-bond donors (Lipinski definition) is 1. The van der Waals surface area contributed by atoms with Crippen LogP contribution < -0.4 is 5.32 Å². The second-order valence-electron chi connectivity index (χ2n) is 3.51. The molecular formula is C12H11ClN2OS. The van der Waals surface area contributed by atoms with Gasteiger partial charge in [-0.2, -0.15) is 0 Å². The number of rotatable bonds is 3. The van der Waals surface area contributed by atoms with Gasteiger partial charge in [-0.15, -0.1) is 22.9 Å². The Morgan fingerprint density at radius 1 is 1.41 bits per heavy atom. The third kappa shape index (κ3) is 3.05. The zero-order valence-electron chi connectivity index (χ0n) is 9.18. The number of aromatic nitrogens is 1. The number of carbonyl (C=O) groups is 1. The van der Waals surface area contributed by atoms with Gasteiger partial charge in [0.15, 0.2) is 5.13 Å². The smallest absolute Gasteiger partial charge is 0.243 e. The lowest BCUT2D eigenvalue weighted by atomic mass is 10.2. The summed E-state index contributed by atoms with van der Waals surface area (Å²) in [6, 6.07) is 9.81. The Balaban J connectivity index is 2.14. The fraction of sp³-hybridized carbons (Fsp3) is 0.167. The Morgan fingerprint density at radius 3 is 2.76 bits per heavy atom. The zero-order valence-corrected chi connectivity index (χ0v) is 10.8. The first-order valence-electron chi connectivity index (χ1n) is 5.12. The largest absolute Gasteiger partial charge is 0.301 e. The Hall–Kier alpha value is -1.39. The number of alkyl halides is 1. The summed E-state index contributed by atoms with van der Waals surface area (Å²) in [4.78, 5) is 15.7. The standard InChI is InChI=1S/C12H11ClN2OS/c1-8(13)11(16)15-12-14-10(7-17-12)9-5-3-2-4-6-9/h2-8H,1H3,(H,14,15,16). The molecule has 0 spiro atoms. The van der Waals surface area contributed by atoms with Crippen LogP contribution in [-0.4, -0.2) is 16.3 Å². The van der Waals surface area contributed by atoms with Crippen molar-refractivity contribution >= 4 is 34.0 Å². The van der Waals surface area contributed by atoms with E-state index in [0.717, 1.165) is 11.3 Å². The second-order valence-corrected chi connectivity index (χ2v) is 5.02. The lowest BCUT2D eigenvalue weighted by Gasteiger charge is -2.01. The Labute approximate surface area is 108 Å². The number of anilines is 1. The van der Waals surface area contributed by atoms with Crippen molar-refractivity contribution in [3.05, 3.63) is 35.7 Å². The van der Waals surface area contributed by atoms with Gasteiger partial charge in [0, 0.05) is 10.9 Å². The molecule has 5 heteroatoms. The monoisotopic (exact) mass is 266 g/mol. The number of nitrogens with one attached hydrogen (secondary N) is 1. The van der Waals surface area contributed by atoms with Crippen LogP contribution in [0.15, 0.2) is 35.7 Å². The fourth-order valence-electron chi connectivity index (χ4n) is 1.28. The first kappa shape index (κ1) is 12.1. The van der Waals surface area contributed by atoms with E-state index in [-0.39, 0.29) is 5.91 Å². The number of thiazole rings is 1. The molecule has 0 bridgehead atoms. The summed E-state index contributed by atoms with van der Waals surface area (Å²) >= 11 is 7.06. The van der Waals surface area contributed by atoms with Crippen LogP contribution in [0.5, 0.6) is 0 Å². The first-order valence-corrected chi connectivity index (χ1v) is 6.44. The van der Waals surface area contributed by atoms with E-state index < -0.39 is 5.38 Å². The maximum atomic E-state index is 11.4. The Kier molecular flexibility index (Phi) is 3.76. The van der Waals surface area contributed by atoms with E-state index in [1.807, 2.05) is 35.7 Å². The minimum Gasteiger partial charge on any atom is -0.301 e. The maximum Gasteiger partial charge on any atom is 0.243 e. The molecule has 3 nitrogen and oxygen atoms in total. The van der Waals surface area contributed by atoms with E-state index in [4.69, 9.17) is 11.6 Å². The molecule has 88 valence electrons. The fourth-order valence-corrected chi connectivity index (χ4v) is 2.05. The van der Waals surface area contributed by atoms with Gasteiger partial charge in [0.1, 0.15) is 5.38 Å². The van der Waals surface area contributed by atoms with E-state index in [1.165, 1.54) is 11.3 Å². The molecular weight excluding hydrogens is 256 g/mol.